The van der Waals surface area contributed by atoms with E-state index in [1.165, 1.54) is 5.57 Å². The zero-order valence-electron chi connectivity index (χ0n) is 13.0. The van der Waals surface area contributed by atoms with Crippen molar-refractivity contribution in [3.8, 4) is 0 Å². The highest BCUT2D eigenvalue weighted by Crippen LogP contribution is 2.30. The summed E-state index contributed by atoms with van der Waals surface area (Å²) in [5.41, 5.74) is 2.26. The molecule has 0 aromatic carbocycles. The molecule has 0 radical (unpaired) electrons. The summed E-state index contributed by atoms with van der Waals surface area (Å²) in [6.07, 6.45) is 6.73. The van der Waals surface area contributed by atoms with Gasteiger partial charge in [-0.05, 0) is 38.3 Å². The van der Waals surface area contributed by atoms with Crippen molar-refractivity contribution < 1.29 is 14.3 Å². The smallest absolute Gasteiger partial charge is 0.320 e. The van der Waals surface area contributed by atoms with Crippen molar-refractivity contribution in [1.29, 1.82) is 0 Å². The molecule has 0 bridgehead atoms. The van der Waals surface area contributed by atoms with Gasteiger partial charge in [0.2, 0.25) is 0 Å². The van der Waals surface area contributed by atoms with Crippen molar-refractivity contribution >= 4 is 5.97 Å². The Morgan fingerprint density at radius 2 is 1.80 bits per heavy atom. The monoisotopic (exact) mass is 276 g/mol. The van der Waals surface area contributed by atoms with Crippen molar-refractivity contribution in [2.24, 2.45) is 11.8 Å². The highest BCUT2D eigenvalue weighted by molar-refractivity contribution is 5.78. The summed E-state index contributed by atoms with van der Waals surface area (Å²) in [7, 11) is 0. The maximum absolute atomic E-state index is 12.3. The Bertz CT molecular complexity index is 482. The molecule has 1 saturated heterocycles. The van der Waals surface area contributed by atoms with Crippen LogP contribution in [0.4, 0.5) is 0 Å². The van der Waals surface area contributed by atoms with Gasteiger partial charge in [0.05, 0.1) is 6.10 Å². The topological polar surface area (TPSA) is 35.5 Å². The third-order valence-electron chi connectivity index (χ3n) is 3.68. The van der Waals surface area contributed by atoms with Crippen LogP contribution in [0, 0.1) is 11.8 Å². The molecule has 1 fully saturated rings. The Kier molecular flexibility index (Phi) is 4.36. The Hall–Kier alpha value is -1.51. The molecule has 0 aromatic rings. The second-order valence-electron chi connectivity index (χ2n) is 6.15. The van der Waals surface area contributed by atoms with Crippen LogP contribution in [0.1, 0.15) is 41.0 Å². The van der Waals surface area contributed by atoms with Gasteiger partial charge in [-0.1, -0.05) is 31.6 Å². The molecule has 2 rings (SSSR count). The molecule has 0 saturated carbocycles. The minimum atomic E-state index is -0.423. The molecule has 20 heavy (non-hydrogen) atoms. The predicted octanol–water partition coefficient (Wildman–Crippen LogP) is 3.77. The third kappa shape index (κ3) is 3.33. The number of carbonyl (C=O) groups is 1. The van der Waals surface area contributed by atoms with E-state index in [1.54, 1.807) is 0 Å². The number of esters is 1. The first-order chi connectivity index (χ1) is 9.36. The average molecular weight is 276 g/mol. The van der Waals surface area contributed by atoms with Crippen LogP contribution in [0.3, 0.4) is 0 Å². The van der Waals surface area contributed by atoms with E-state index >= 15 is 0 Å². The lowest BCUT2D eigenvalue weighted by Gasteiger charge is -2.28. The summed E-state index contributed by atoms with van der Waals surface area (Å²) in [4.78, 5) is 12.3. The minimum absolute atomic E-state index is 0.0482. The van der Waals surface area contributed by atoms with Crippen LogP contribution in [0.2, 0.25) is 0 Å². The molecule has 0 aromatic heterocycles. The summed E-state index contributed by atoms with van der Waals surface area (Å²) >= 11 is 0. The maximum atomic E-state index is 12.3. The first-order valence-electron chi connectivity index (χ1n) is 7.35. The van der Waals surface area contributed by atoms with Crippen molar-refractivity contribution in [2.45, 2.75) is 53.2 Å². The average Bonchev–Trinajstić information content (AvgIpc) is 2.47. The molecule has 1 heterocycles. The molecule has 0 spiro atoms. The van der Waals surface area contributed by atoms with E-state index in [4.69, 9.17) is 9.47 Å². The molecule has 110 valence electrons. The Morgan fingerprint density at radius 1 is 1.15 bits per heavy atom. The van der Waals surface area contributed by atoms with Crippen LogP contribution in [0.5, 0.6) is 0 Å². The van der Waals surface area contributed by atoms with E-state index in [2.05, 4.69) is 19.9 Å². The minimum Gasteiger partial charge on any atom is -0.494 e. The number of hydrogen-bond acceptors (Lipinski definition) is 3. The number of ether oxygens (including phenoxy) is 2. The number of cyclic esters (lactones) is 1. The van der Waals surface area contributed by atoms with E-state index in [9.17, 15) is 4.79 Å². The largest absolute Gasteiger partial charge is 0.494 e. The standard InChI is InChI=1S/C17H24O3/c1-10(2)14-6-11(3)7-15-16(9-14)19-12(4)8-13(5)20-17(15)18/h6-7,9-10,12-13,15H,8H2,1-5H3/t12-,13+,15-/m0/s1. The van der Waals surface area contributed by atoms with Crippen LogP contribution in [0.25, 0.3) is 0 Å². The van der Waals surface area contributed by atoms with Gasteiger partial charge in [0.25, 0.3) is 0 Å². The van der Waals surface area contributed by atoms with E-state index in [1.807, 2.05) is 32.9 Å². The molecule has 0 unspecified atom stereocenters. The Morgan fingerprint density at radius 3 is 2.45 bits per heavy atom. The summed E-state index contributed by atoms with van der Waals surface area (Å²) in [5, 5.41) is 0. The zero-order valence-corrected chi connectivity index (χ0v) is 13.0. The number of carbonyl (C=O) groups excluding carboxylic acids is 1. The molecule has 1 aliphatic heterocycles. The maximum Gasteiger partial charge on any atom is 0.320 e. The fourth-order valence-electron chi connectivity index (χ4n) is 2.64. The molecule has 3 atom stereocenters. The van der Waals surface area contributed by atoms with E-state index in [-0.39, 0.29) is 18.2 Å². The van der Waals surface area contributed by atoms with Gasteiger partial charge >= 0.3 is 5.97 Å². The fraction of sp³-hybridized carbons (Fsp3) is 0.588. The van der Waals surface area contributed by atoms with Gasteiger partial charge in [0.15, 0.2) is 0 Å². The van der Waals surface area contributed by atoms with E-state index in [0.717, 1.165) is 12.0 Å². The lowest BCUT2D eigenvalue weighted by atomic mass is 10.00. The van der Waals surface area contributed by atoms with E-state index in [0.29, 0.717) is 11.7 Å². The molecule has 3 heteroatoms. The van der Waals surface area contributed by atoms with Gasteiger partial charge in [-0.2, -0.15) is 0 Å². The molecule has 0 N–H and O–H groups in total. The molecule has 3 nitrogen and oxygen atoms in total. The van der Waals surface area contributed by atoms with Gasteiger partial charge in [0, 0.05) is 6.42 Å². The molecule has 2 aliphatic rings. The first-order valence-corrected chi connectivity index (χ1v) is 7.35. The van der Waals surface area contributed by atoms with Crippen molar-refractivity contribution in [1.82, 2.24) is 0 Å². The SMILES string of the molecule is CC1=C[C@@H]2C(=O)O[C@H](C)C[C@H](C)OC2=CC(C(C)C)=C1. The van der Waals surface area contributed by atoms with Gasteiger partial charge in [0.1, 0.15) is 17.8 Å². The quantitative estimate of drug-likeness (QED) is 0.684. The first kappa shape index (κ1) is 14.9. The van der Waals surface area contributed by atoms with Gasteiger partial charge in [-0.15, -0.1) is 0 Å². The van der Waals surface area contributed by atoms with Gasteiger partial charge in [-0.3, -0.25) is 4.79 Å². The summed E-state index contributed by atoms with van der Waals surface area (Å²) in [5.74, 6) is 0.469. The summed E-state index contributed by atoms with van der Waals surface area (Å²) in [6.45, 7) is 10.2. The Balaban J connectivity index is 2.41. The lowest BCUT2D eigenvalue weighted by Crippen LogP contribution is -2.31. The molecular weight excluding hydrogens is 252 g/mol. The summed E-state index contributed by atoms with van der Waals surface area (Å²) in [6, 6.07) is 0. The summed E-state index contributed by atoms with van der Waals surface area (Å²) < 4.78 is 11.5. The van der Waals surface area contributed by atoms with Crippen LogP contribution in [-0.2, 0) is 14.3 Å². The van der Waals surface area contributed by atoms with Crippen LogP contribution in [-0.4, -0.2) is 18.2 Å². The van der Waals surface area contributed by atoms with Crippen molar-refractivity contribution in [3.05, 3.63) is 35.1 Å². The van der Waals surface area contributed by atoms with Crippen LogP contribution >= 0.6 is 0 Å². The lowest BCUT2D eigenvalue weighted by molar-refractivity contribution is -0.155. The molecule has 1 aliphatic carbocycles. The number of rotatable bonds is 1. The van der Waals surface area contributed by atoms with E-state index < -0.39 is 5.92 Å². The molecule has 0 amide bonds. The highest BCUT2D eigenvalue weighted by Gasteiger charge is 2.31. The van der Waals surface area contributed by atoms with Gasteiger partial charge < -0.3 is 9.47 Å². The van der Waals surface area contributed by atoms with Gasteiger partial charge in [-0.25, -0.2) is 0 Å². The van der Waals surface area contributed by atoms with Crippen molar-refractivity contribution in [2.75, 3.05) is 0 Å². The fourth-order valence-corrected chi connectivity index (χ4v) is 2.64. The number of allylic oxidation sites excluding steroid dienone is 4. The predicted molar refractivity (Wildman–Crippen MR) is 79.0 cm³/mol. The normalized spacial score (nSPS) is 30.8. The third-order valence-corrected chi connectivity index (χ3v) is 3.68. The van der Waals surface area contributed by atoms with Crippen LogP contribution in [0.15, 0.2) is 35.1 Å². The second-order valence-corrected chi connectivity index (χ2v) is 6.15. The van der Waals surface area contributed by atoms with Crippen LogP contribution < -0.4 is 0 Å². The van der Waals surface area contributed by atoms with Crippen molar-refractivity contribution in [3.63, 3.8) is 0 Å². The molecular formula is C17H24O3. The Labute approximate surface area is 121 Å². The second kappa shape index (κ2) is 5.86. The highest BCUT2D eigenvalue weighted by atomic mass is 16.6. The number of hydrogen-bond donors (Lipinski definition) is 0. The zero-order chi connectivity index (χ0) is 14.9. The number of fused-ring (bicyclic) bond motifs is 1.